The van der Waals surface area contributed by atoms with E-state index in [1.165, 1.54) is 35.7 Å². The molecule has 1 amide bonds. The van der Waals surface area contributed by atoms with Gasteiger partial charge in [-0.3, -0.25) is 9.59 Å². The monoisotopic (exact) mass is 384 g/mol. The minimum atomic E-state index is -0.418. The van der Waals surface area contributed by atoms with Crippen LogP contribution in [0, 0.1) is 11.7 Å². The lowest BCUT2D eigenvalue weighted by Gasteiger charge is -2.33. The van der Waals surface area contributed by atoms with Gasteiger partial charge in [-0.15, -0.1) is 5.10 Å². The fourth-order valence-corrected chi connectivity index (χ4v) is 4.15. The van der Waals surface area contributed by atoms with E-state index in [1.807, 2.05) is 4.90 Å². The molecule has 148 valence electrons. The highest BCUT2D eigenvalue weighted by Gasteiger charge is 2.29. The first-order chi connectivity index (χ1) is 13.6. The summed E-state index contributed by atoms with van der Waals surface area (Å²) in [4.78, 5) is 26.9. The van der Waals surface area contributed by atoms with Gasteiger partial charge >= 0.3 is 0 Å². The molecular formula is C21H25FN4O2. The van der Waals surface area contributed by atoms with Crippen LogP contribution in [-0.4, -0.2) is 34.8 Å². The molecule has 1 atom stereocenters. The van der Waals surface area contributed by atoms with E-state index in [4.69, 9.17) is 0 Å². The maximum Gasteiger partial charge on any atom is 0.271 e. The van der Waals surface area contributed by atoms with Crippen molar-refractivity contribution in [3.8, 4) is 5.69 Å². The third kappa shape index (κ3) is 4.08. The van der Waals surface area contributed by atoms with Crippen molar-refractivity contribution in [1.29, 1.82) is 0 Å². The van der Waals surface area contributed by atoms with Gasteiger partial charge in [-0.1, -0.05) is 18.9 Å². The Bertz CT molecular complexity index is 907. The molecule has 0 bridgehead atoms. The Hall–Kier alpha value is -2.70. The zero-order chi connectivity index (χ0) is 19.5. The van der Waals surface area contributed by atoms with Crippen molar-refractivity contribution in [2.45, 2.75) is 44.6 Å². The van der Waals surface area contributed by atoms with Crippen molar-refractivity contribution in [2.24, 2.45) is 5.92 Å². The number of carbonyl (C=O) groups excluding carboxylic acids is 1. The Morgan fingerprint density at radius 2 is 1.93 bits per heavy atom. The zero-order valence-corrected chi connectivity index (χ0v) is 15.8. The van der Waals surface area contributed by atoms with Crippen LogP contribution >= 0.6 is 0 Å². The summed E-state index contributed by atoms with van der Waals surface area (Å²) in [5, 5.41) is 7.63. The fourth-order valence-electron chi connectivity index (χ4n) is 4.15. The summed E-state index contributed by atoms with van der Waals surface area (Å²) in [6.45, 7) is 1.36. The van der Waals surface area contributed by atoms with Crippen LogP contribution in [0.15, 0.2) is 41.2 Å². The molecule has 1 aliphatic heterocycles. The summed E-state index contributed by atoms with van der Waals surface area (Å²) in [7, 11) is 0. The number of amides is 1. The Labute approximate surface area is 163 Å². The highest BCUT2D eigenvalue weighted by molar-refractivity contribution is 5.79. The van der Waals surface area contributed by atoms with Gasteiger partial charge in [0.05, 0.1) is 11.6 Å². The van der Waals surface area contributed by atoms with Gasteiger partial charge in [-0.05, 0) is 49.9 Å². The van der Waals surface area contributed by atoms with Gasteiger partial charge in [0.2, 0.25) is 5.91 Å². The van der Waals surface area contributed by atoms with Crippen molar-refractivity contribution in [2.75, 3.05) is 18.0 Å². The quantitative estimate of drug-likeness (QED) is 0.880. The second-order valence-corrected chi connectivity index (χ2v) is 7.70. The number of halogens is 1. The fraction of sp³-hybridized carbons (Fsp3) is 0.476. The molecule has 2 heterocycles. The lowest BCUT2D eigenvalue weighted by Crippen LogP contribution is -2.46. The Kier molecular flexibility index (Phi) is 5.41. The number of piperidine rings is 1. The van der Waals surface area contributed by atoms with Gasteiger partial charge in [0.15, 0.2) is 0 Å². The van der Waals surface area contributed by atoms with E-state index in [2.05, 4.69) is 10.4 Å². The molecule has 0 unspecified atom stereocenters. The number of nitrogens with one attached hydrogen (secondary N) is 1. The topological polar surface area (TPSA) is 67.2 Å². The molecular weight excluding hydrogens is 359 g/mol. The third-order valence-corrected chi connectivity index (χ3v) is 5.66. The first-order valence-corrected chi connectivity index (χ1v) is 10.0. The molecule has 7 heteroatoms. The summed E-state index contributed by atoms with van der Waals surface area (Å²) in [6.07, 6.45) is 6.27. The number of carbonyl (C=O) groups is 1. The minimum Gasteiger partial charge on any atom is -0.354 e. The molecule has 6 nitrogen and oxygen atoms in total. The van der Waals surface area contributed by atoms with E-state index in [9.17, 15) is 14.0 Å². The summed E-state index contributed by atoms with van der Waals surface area (Å²) in [6, 6.07) is 9.24. The molecule has 1 N–H and O–H groups in total. The molecule has 4 rings (SSSR count). The van der Waals surface area contributed by atoms with Gasteiger partial charge in [0, 0.05) is 25.2 Å². The van der Waals surface area contributed by atoms with Gasteiger partial charge in [-0.2, -0.15) is 4.68 Å². The first kappa shape index (κ1) is 18.7. The summed E-state index contributed by atoms with van der Waals surface area (Å²) in [5.41, 5.74) is 0.0706. The van der Waals surface area contributed by atoms with E-state index in [1.54, 1.807) is 18.2 Å². The number of hydrogen-bond donors (Lipinski definition) is 1. The normalized spacial score (nSPS) is 20.3. The van der Waals surface area contributed by atoms with Gasteiger partial charge in [-0.25, -0.2) is 4.39 Å². The summed E-state index contributed by atoms with van der Waals surface area (Å²) >= 11 is 0. The van der Waals surface area contributed by atoms with Crippen molar-refractivity contribution < 1.29 is 9.18 Å². The second-order valence-electron chi connectivity index (χ2n) is 7.70. The van der Waals surface area contributed by atoms with E-state index < -0.39 is 5.82 Å². The average Bonchev–Trinajstić information content (AvgIpc) is 3.21. The average molecular weight is 384 g/mol. The maximum atomic E-state index is 13.5. The maximum absolute atomic E-state index is 13.5. The highest BCUT2D eigenvalue weighted by atomic mass is 19.1. The Morgan fingerprint density at radius 1 is 1.11 bits per heavy atom. The van der Waals surface area contributed by atoms with E-state index >= 15 is 0 Å². The number of benzene rings is 1. The molecule has 2 aromatic rings. The lowest BCUT2D eigenvalue weighted by molar-refractivity contribution is -0.125. The SMILES string of the molecule is O=C(NC1CCCC1)[C@H]1CCCN(c2ccc(=O)n(-c3cccc(F)c3)n2)C1. The standard InChI is InChI=1S/C21H25FN4O2/c22-16-6-3-9-18(13-16)26-20(27)11-10-19(24-26)25-12-4-5-15(14-25)21(28)23-17-7-1-2-8-17/h3,6,9-11,13,15,17H,1-2,4-5,7-8,12,14H2,(H,23,28)/t15-/m0/s1. The lowest BCUT2D eigenvalue weighted by atomic mass is 9.96. The van der Waals surface area contributed by atoms with E-state index in [-0.39, 0.29) is 17.4 Å². The van der Waals surface area contributed by atoms with Gasteiger partial charge < -0.3 is 10.2 Å². The van der Waals surface area contributed by atoms with Crippen molar-refractivity contribution in [1.82, 2.24) is 15.1 Å². The molecule has 28 heavy (non-hydrogen) atoms. The van der Waals surface area contributed by atoms with Crippen LogP contribution in [0.1, 0.15) is 38.5 Å². The Morgan fingerprint density at radius 3 is 2.71 bits per heavy atom. The summed E-state index contributed by atoms with van der Waals surface area (Å²) in [5.74, 6) is 0.251. The van der Waals surface area contributed by atoms with Crippen LogP contribution in [0.3, 0.4) is 0 Å². The number of anilines is 1. The number of rotatable bonds is 4. The summed E-state index contributed by atoms with van der Waals surface area (Å²) < 4.78 is 14.8. The predicted octanol–water partition coefficient (Wildman–Crippen LogP) is 2.65. The molecule has 1 aliphatic carbocycles. The number of aromatic nitrogens is 2. The first-order valence-electron chi connectivity index (χ1n) is 10.0. The Balaban J connectivity index is 1.51. The molecule has 0 spiro atoms. The molecule has 2 aliphatic rings. The van der Waals surface area contributed by atoms with E-state index in [0.29, 0.717) is 24.1 Å². The molecule has 1 saturated carbocycles. The van der Waals surface area contributed by atoms with E-state index in [0.717, 1.165) is 32.2 Å². The third-order valence-electron chi connectivity index (χ3n) is 5.66. The van der Waals surface area contributed by atoms with Crippen molar-refractivity contribution in [3.05, 3.63) is 52.6 Å². The van der Waals surface area contributed by atoms with Crippen LogP contribution in [0.4, 0.5) is 10.2 Å². The zero-order valence-electron chi connectivity index (χ0n) is 15.8. The van der Waals surface area contributed by atoms with Crippen molar-refractivity contribution in [3.63, 3.8) is 0 Å². The van der Waals surface area contributed by atoms with Crippen LogP contribution in [0.2, 0.25) is 0 Å². The molecule has 1 saturated heterocycles. The largest absolute Gasteiger partial charge is 0.354 e. The van der Waals surface area contributed by atoms with Gasteiger partial charge in [0.25, 0.3) is 5.56 Å². The smallest absolute Gasteiger partial charge is 0.271 e. The van der Waals surface area contributed by atoms with Gasteiger partial charge in [0.1, 0.15) is 11.6 Å². The molecule has 2 fully saturated rings. The number of hydrogen-bond acceptors (Lipinski definition) is 4. The molecule has 0 radical (unpaired) electrons. The van der Waals surface area contributed by atoms with Crippen molar-refractivity contribution >= 4 is 11.7 Å². The predicted molar refractivity (Wildman–Crippen MR) is 105 cm³/mol. The van der Waals surface area contributed by atoms with Crippen LogP contribution in [-0.2, 0) is 4.79 Å². The molecule has 1 aromatic heterocycles. The second kappa shape index (κ2) is 8.12. The minimum absolute atomic E-state index is 0.0781. The molecule has 1 aromatic carbocycles. The van der Waals surface area contributed by atoms with Crippen LogP contribution in [0.5, 0.6) is 0 Å². The van der Waals surface area contributed by atoms with Crippen LogP contribution < -0.4 is 15.8 Å². The number of nitrogens with zero attached hydrogens (tertiary/aromatic N) is 3. The highest BCUT2D eigenvalue weighted by Crippen LogP contribution is 2.23. The van der Waals surface area contributed by atoms with Crippen LogP contribution in [0.25, 0.3) is 5.69 Å².